The Morgan fingerprint density at radius 3 is 2.56 bits per heavy atom. The van der Waals surface area contributed by atoms with E-state index in [9.17, 15) is 13.2 Å². The molecule has 0 unspecified atom stereocenters. The Morgan fingerprint density at radius 2 is 2.17 bits per heavy atom. The van der Waals surface area contributed by atoms with Crippen LogP contribution in [0.25, 0.3) is 0 Å². The van der Waals surface area contributed by atoms with Crippen LogP contribution in [0.4, 0.5) is 0 Å². The monoisotopic (exact) mass is 272 g/mol. The van der Waals surface area contributed by atoms with Crippen LogP contribution in [0.15, 0.2) is 17.2 Å². The molecule has 0 spiro atoms. The van der Waals surface area contributed by atoms with Gasteiger partial charge in [0, 0.05) is 39.4 Å². The SMILES string of the molecule is CN(C1CNC1)S(=O)(=O)c1cc(C(N)=O)n(C)c1. The van der Waals surface area contributed by atoms with Crippen LogP contribution in [0.5, 0.6) is 0 Å². The van der Waals surface area contributed by atoms with Crippen molar-refractivity contribution in [1.82, 2.24) is 14.2 Å². The largest absolute Gasteiger partial charge is 0.364 e. The average Bonchev–Trinajstić information content (AvgIpc) is 2.58. The normalized spacial score (nSPS) is 16.8. The molecule has 7 nitrogen and oxygen atoms in total. The molecular formula is C10H16N4O3S. The van der Waals surface area contributed by atoms with Crippen molar-refractivity contribution >= 4 is 15.9 Å². The Hall–Kier alpha value is -1.38. The Morgan fingerprint density at radius 1 is 1.56 bits per heavy atom. The summed E-state index contributed by atoms with van der Waals surface area (Å²) in [4.78, 5) is 11.2. The van der Waals surface area contributed by atoms with Crippen LogP contribution in [0, 0.1) is 0 Å². The van der Waals surface area contributed by atoms with E-state index < -0.39 is 15.9 Å². The molecule has 8 heteroatoms. The zero-order valence-electron chi connectivity index (χ0n) is 10.3. The third-order valence-corrected chi connectivity index (χ3v) is 5.06. The van der Waals surface area contributed by atoms with E-state index in [1.165, 1.54) is 28.2 Å². The number of carbonyl (C=O) groups is 1. The number of aryl methyl sites for hydroxylation is 1. The smallest absolute Gasteiger partial charge is 0.265 e. The van der Waals surface area contributed by atoms with Crippen molar-refractivity contribution in [1.29, 1.82) is 0 Å². The molecule has 1 aromatic heterocycles. The molecule has 0 atom stereocenters. The zero-order chi connectivity index (χ0) is 13.5. The number of rotatable bonds is 4. The van der Waals surface area contributed by atoms with E-state index in [4.69, 9.17) is 5.73 Å². The van der Waals surface area contributed by atoms with Gasteiger partial charge in [-0.2, -0.15) is 4.31 Å². The molecule has 100 valence electrons. The molecule has 1 aliphatic heterocycles. The summed E-state index contributed by atoms with van der Waals surface area (Å²) in [7, 11) is -0.443. The van der Waals surface area contributed by atoms with Gasteiger partial charge < -0.3 is 15.6 Å². The quantitative estimate of drug-likeness (QED) is 0.713. The number of aromatic nitrogens is 1. The lowest BCUT2D eigenvalue weighted by molar-refractivity contribution is 0.0992. The van der Waals surface area contributed by atoms with Crippen LogP contribution >= 0.6 is 0 Å². The molecule has 1 saturated heterocycles. The van der Waals surface area contributed by atoms with Gasteiger partial charge in [-0.05, 0) is 6.07 Å². The van der Waals surface area contributed by atoms with E-state index in [2.05, 4.69) is 5.32 Å². The second-order valence-electron chi connectivity index (χ2n) is 4.37. The van der Waals surface area contributed by atoms with Crippen molar-refractivity contribution in [2.24, 2.45) is 12.8 Å². The maximum Gasteiger partial charge on any atom is 0.265 e. The molecule has 0 saturated carbocycles. The number of likely N-dealkylation sites (N-methyl/N-ethyl adjacent to an activating group) is 1. The lowest BCUT2D eigenvalue weighted by atomic mass is 10.2. The summed E-state index contributed by atoms with van der Waals surface area (Å²) in [6, 6.07) is 1.27. The molecular weight excluding hydrogens is 256 g/mol. The summed E-state index contributed by atoms with van der Waals surface area (Å²) in [5.41, 5.74) is 5.34. The number of sulfonamides is 1. The minimum absolute atomic E-state index is 0.0350. The van der Waals surface area contributed by atoms with Gasteiger partial charge >= 0.3 is 0 Å². The van der Waals surface area contributed by atoms with Gasteiger partial charge in [0.2, 0.25) is 10.0 Å². The molecule has 1 amide bonds. The molecule has 0 aromatic carbocycles. The van der Waals surface area contributed by atoms with E-state index in [1.54, 1.807) is 7.05 Å². The van der Waals surface area contributed by atoms with Crippen LogP contribution in [0.2, 0.25) is 0 Å². The van der Waals surface area contributed by atoms with Crippen molar-refractivity contribution in [3.05, 3.63) is 18.0 Å². The first-order valence-corrected chi connectivity index (χ1v) is 6.93. The number of carbonyl (C=O) groups excluding carboxylic acids is 1. The van der Waals surface area contributed by atoms with Crippen LogP contribution in [-0.4, -0.2) is 49.4 Å². The molecule has 2 rings (SSSR count). The Balaban J connectivity index is 2.35. The summed E-state index contributed by atoms with van der Waals surface area (Å²) >= 11 is 0. The first kappa shape index (κ1) is 13.1. The summed E-state index contributed by atoms with van der Waals surface area (Å²) in [6.07, 6.45) is 1.40. The number of nitrogens with two attached hydrogens (primary N) is 1. The zero-order valence-corrected chi connectivity index (χ0v) is 11.1. The lowest BCUT2D eigenvalue weighted by Gasteiger charge is -2.34. The third kappa shape index (κ3) is 2.02. The molecule has 1 aromatic rings. The molecule has 18 heavy (non-hydrogen) atoms. The van der Waals surface area contributed by atoms with Crippen molar-refractivity contribution in [3.8, 4) is 0 Å². The van der Waals surface area contributed by atoms with Gasteiger partial charge in [-0.25, -0.2) is 8.42 Å². The Kier molecular flexibility index (Phi) is 3.18. The minimum atomic E-state index is -3.57. The summed E-state index contributed by atoms with van der Waals surface area (Å²) in [5, 5.41) is 3.02. The second kappa shape index (κ2) is 4.38. The summed E-state index contributed by atoms with van der Waals surface area (Å²) < 4.78 is 27.3. The highest BCUT2D eigenvalue weighted by Crippen LogP contribution is 2.20. The Labute approximate surface area is 106 Å². The van der Waals surface area contributed by atoms with Gasteiger partial charge in [0.1, 0.15) is 10.6 Å². The minimum Gasteiger partial charge on any atom is -0.364 e. The van der Waals surface area contributed by atoms with Gasteiger partial charge in [-0.3, -0.25) is 4.79 Å². The first-order valence-electron chi connectivity index (χ1n) is 5.49. The van der Waals surface area contributed by atoms with E-state index >= 15 is 0 Å². The number of amides is 1. The highest BCUT2D eigenvalue weighted by Gasteiger charge is 2.32. The van der Waals surface area contributed by atoms with Gasteiger partial charge in [0.15, 0.2) is 0 Å². The van der Waals surface area contributed by atoms with E-state index in [-0.39, 0.29) is 16.6 Å². The number of nitrogens with zero attached hydrogens (tertiary/aromatic N) is 2. The fourth-order valence-electron chi connectivity index (χ4n) is 1.81. The number of hydrogen-bond acceptors (Lipinski definition) is 4. The van der Waals surface area contributed by atoms with E-state index in [0.29, 0.717) is 13.1 Å². The highest BCUT2D eigenvalue weighted by molar-refractivity contribution is 7.89. The fourth-order valence-corrected chi connectivity index (χ4v) is 3.24. The van der Waals surface area contributed by atoms with Gasteiger partial charge in [-0.15, -0.1) is 0 Å². The lowest BCUT2D eigenvalue weighted by Crippen LogP contribution is -2.57. The van der Waals surface area contributed by atoms with Crippen LogP contribution < -0.4 is 11.1 Å². The molecule has 1 aliphatic rings. The molecule has 2 heterocycles. The standard InChI is InChI=1S/C10H16N4O3S/c1-13-6-8(3-9(13)10(11)15)18(16,17)14(2)7-4-12-5-7/h3,6-7,12H,4-5H2,1-2H3,(H2,11,15). The average molecular weight is 272 g/mol. The number of primary amides is 1. The fraction of sp³-hybridized carbons (Fsp3) is 0.500. The van der Waals surface area contributed by atoms with Gasteiger partial charge in [0.25, 0.3) is 5.91 Å². The first-order chi connectivity index (χ1) is 8.34. The van der Waals surface area contributed by atoms with Gasteiger partial charge in [-0.1, -0.05) is 0 Å². The second-order valence-corrected chi connectivity index (χ2v) is 6.37. The summed E-state index contributed by atoms with van der Waals surface area (Å²) in [5.74, 6) is -0.646. The molecule has 0 radical (unpaired) electrons. The summed E-state index contributed by atoms with van der Waals surface area (Å²) in [6.45, 7) is 1.29. The Bertz CT molecular complexity index is 574. The van der Waals surface area contributed by atoms with E-state index in [0.717, 1.165) is 0 Å². The van der Waals surface area contributed by atoms with Crippen LogP contribution in [-0.2, 0) is 17.1 Å². The molecule has 0 bridgehead atoms. The van der Waals surface area contributed by atoms with Crippen molar-refractivity contribution < 1.29 is 13.2 Å². The highest BCUT2D eigenvalue weighted by atomic mass is 32.2. The third-order valence-electron chi connectivity index (χ3n) is 3.18. The number of hydrogen-bond donors (Lipinski definition) is 2. The molecule has 1 fully saturated rings. The predicted octanol–water partition coefficient (Wildman–Crippen LogP) is -1.28. The maximum absolute atomic E-state index is 12.3. The molecule has 0 aliphatic carbocycles. The van der Waals surface area contributed by atoms with Gasteiger partial charge in [0.05, 0.1) is 0 Å². The van der Waals surface area contributed by atoms with Crippen LogP contribution in [0.3, 0.4) is 0 Å². The predicted molar refractivity (Wildman–Crippen MR) is 65.5 cm³/mol. The number of nitrogens with one attached hydrogen (secondary N) is 1. The molecule has 3 N–H and O–H groups in total. The topological polar surface area (TPSA) is 97.4 Å². The van der Waals surface area contributed by atoms with Crippen LogP contribution in [0.1, 0.15) is 10.5 Å². The van der Waals surface area contributed by atoms with Crippen molar-refractivity contribution in [2.75, 3.05) is 20.1 Å². The van der Waals surface area contributed by atoms with Crippen molar-refractivity contribution in [3.63, 3.8) is 0 Å². The maximum atomic E-state index is 12.3. The van der Waals surface area contributed by atoms with Crippen molar-refractivity contribution in [2.45, 2.75) is 10.9 Å². The van der Waals surface area contributed by atoms with E-state index in [1.807, 2.05) is 0 Å².